The fourth-order valence-corrected chi connectivity index (χ4v) is 3.57. The van der Waals surface area contributed by atoms with Crippen LogP contribution >= 0.6 is 0 Å². The number of amides is 1. The quantitative estimate of drug-likeness (QED) is 0.872. The van der Waals surface area contributed by atoms with Crippen molar-refractivity contribution in [3.05, 3.63) is 35.2 Å². The van der Waals surface area contributed by atoms with Crippen molar-refractivity contribution in [3.63, 3.8) is 0 Å². The molecule has 0 radical (unpaired) electrons. The molecule has 2 aromatic rings. The van der Waals surface area contributed by atoms with Gasteiger partial charge in [0.1, 0.15) is 12.4 Å². The van der Waals surface area contributed by atoms with Gasteiger partial charge in [-0.05, 0) is 46.6 Å². The predicted octanol–water partition coefficient (Wildman–Crippen LogP) is 2.18. The third-order valence-corrected chi connectivity index (χ3v) is 4.67. The fraction of sp³-hybridized carbons (Fsp3) is 0.588. The Kier molecular flexibility index (Phi) is 4.24. The Bertz CT molecular complexity index is 695. The SMILES string of the molecule is Cc1cc(C)n(CC(=O)N2CCCC(n3c(C)cnc3C)C2)n1. The molecular weight excluding hydrogens is 290 g/mol. The van der Waals surface area contributed by atoms with Crippen LogP contribution in [0.4, 0.5) is 0 Å². The average Bonchev–Trinajstić information content (AvgIpc) is 3.01. The van der Waals surface area contributed by atoms with Gasteiger partial charge in [-0.3, -0.25) is 9.48 Å². The molecule has 1 atom stereocenters. The maximum Gasteiger partial charge on any atom is 0.244 e. The molecular formula is C17H25N5O. The average molecular weight is 315 g/mol. The monoisotopic (exact) mass is 315 g/mol. The van der Waals surface area contributed by atoms with Crippen LogP contribution in [0.15, 0.2) is 12.3 Å². The third kappa shape index (κ3) is 3.16. The Labute approximate surface area is 137 Å². The molecule has 1 fully saturated rings. The molecule has 0 N–H and O–H groups in total. The number of imidazole rings is 1. The van der Waals surface area contributed by atoms with Crippen LogP contribution in [-0.4, -0.2) is 43.2 Å². The lowest BCUT2D eigenvalue weighted by molar-refractivity contribution is -0.133. The number of carbonyl (C=O) groups excluding carboxylic acids is 1. The van der Waals surface area contributed by atoms with Crippen LogP contribution in [0, 0.1) is 27.7 Å². The largest absolute Gasteiger partial charge is 0.339 e. The van der Waals surface area contributed by atoms with Gasteiger partial charge in [-0.1, -0.05) is 0 Å². The topological polar surface area (TPSA) is 56.0 Å². The van der Waals surface area contributed by atoms with Gasteiger partial charge in [0.2, 0.25) is 5.91 Å². The number of hydrogen-bond donors (Lipinski definition) is 0. The zero-order valence-electron chi connectivity index (χ0n) is 14.4. The summed E-state index contributed by atoms with van der Waals surface area (Å²) in [5.41, 5.74) is 3.16. The first-order valence-electron chi connectivity index (χ1n) is 8.25. The van der Waals surface area contributed by atoms with Crippen molar-refractivity contribution in [2.24, 2.45) is 0 Å². The summed E-state index contributed by atoms with van der Waals surface area (Å²) in [5, 5.41) is 4.40. The van der Waals surface area contributed by atoms with Crippen molar-refractivity contribution in [2.75, 3.05) is 13.1 Å². The van der Waals surface area contributed by atoms with Crippen molar-refractivity contribution in [2.45, 2.75) is 53.1 Å². The van der Waals surface area contributed by atoms with Crippen LogP contribution in [0.1, 0.15) is 41.8 Å². The van der Waals surface area contributed by atoms with Crippen LogP contribution in [0.25, 0.3) is 0 Å². The maximum absolute atomic E-state index is 12.7. The van der Waals surface area contributed by atoms with Gasteiger partial charge >= 0.3 is 0 Å². The zero-order valence-corrected chi connectivity index (χ0v) is 14.4. The van der Waals surface area contributed by atoms with Crippen LogP contribution in [0.3, 0.4) is 0 Å². The van der Waals surface area contributed by atoms with Gasteiger partial charge in [0.15, 0.2) is 0 Å². The number of hydrogen-bond acceptors (Lipinski definition) is 3. The number of likely N-dealkylation sites (tertiary alicyclic amines) is 1. The third-order valence-electron chi connectivity index (χ3n) is 4.67. The van der Waals surface area contributed by atoms with Gasteiger partial charge < -0.3 is 9.47 Å². The summed E-state index contributed by atoms with van der Waals surface area (Å²) in [5.74, 6) is 1.18. The van der Waals surface area contributed by atoms with Crippen LogP contribution < -0.4 is 0 Å². The molecule has 6 nitrogen and oxygen atoms in total. The van der Waals surface area contributed by atoms with E-state index in [1.807, 2.05) is 37.9 Å². The molecule has 1 aliphatic heterocycles. The van der Waals surface area contributed by atoms with Crippen LogP contribution in [-0.2, 0) is 11.3 Å². The number of aryl methyl sites for hydroxylation is 4. The number of nitrogens with zero attached hydrogens (tertiary/aromatic N) is 5. The summed E-state index contributed by atoms with van der Waals surface area (Å²) in [7, 11) is 0. The Morgan fingerprint density at radius 1 is 1.26 bits per heavy atom. The van der Waals surface area contributed by atoms with E-state index in [9.17, 15) is 4.79 Å². The maximum atomic E-state index is 12.7. The molecule has 23 heavy (non-hydrogen) atoms. The molecule has 1 unspecified atom stereocenters. The summed E-state index contributed by atoms with van der Waals surface area (Å²) in [6.45, 7) is 9.98. The summed E-state index contributed by atoms with van der Waals surface area (Å²) in [6, 6.07) is 2.33. The fourth-order valence-electron chi connectivity index (χ4n) is 3.57. The van der Waals surface area contributed by atoms with Crippen molar-refractivity contribution >= 4 is 5.91 Å². The highest BCUT2D eigenvalue weighted by Gasteiger charge is 2.26. The van der Waals surface area contributed by atoms with Crippen LogP contribution in [0.2, 0.25) is 0 Å². The Morgan fingerprint density at radius 3 is 2.65 bits per heavy atom. The first kappa shape index (κ1) is 15.8. The minimum atomic E-state index is 0.149. The highest BCUT2D eigenvalue weighted by Crippen LogP contribution is 2.24. The van der Waals surface area contributed by atoms with Gasteiger partial charge in [-0.25, -0.2) is 4.98 Å². The summed E-state index contributed by atoms with van der Waals surface area (Å²) < 4.78 is 4.07. The van der Waals surface area contributed by atoms with Crippen molar-refractivity contribution in [1.29, 1.82) is 0 Å². The smallest absolute Gasteiger partial charge is 0.244 e. The molecule has 3 rings (SSSR count). The summed E-state index contributed by atoms with van der Waals surface area (Å²) in [6.07, 6.45) is 4.04. The first-order chi connectivity index (χ1) is 11.0. The second-order valence-corrected chi connectivity index (χ2v) is 6.54. The molecule has 124 valence electrons. The Hall–Kier alpha value is -2.11. The Morgan fingerprint density at radius 2 is 2.04 bits per heavy atom. The molecule has 0 spiro atoms. The lowest BCUT2D eigenvalue weighted by Gasteiger charge is -2.34. The van der Waals surface area contributed by atoms with E-state index in [0.717, 1.165) is 43.1 Å². The molecule has 0 aromatic carbocycles. The number of rotatable bonds is 3. The van der Waals surface area contributed by atoms with E-state index in [4.69, 9.17) is 0 Å². The molecule has 1 aliphatic rings. The van der Waals surface area contributed by atoms with Crippen molar-refractivity contribution in [1.82, 2.24) is 24.2 Å². The molecule has 3 heterocycles. The van der Waals surface area contributed by atoms with Crippen LogP contribution in [0.5, 0.6) is 0 Å². The van der Waals surface area contributed by atoms with E-state index in [0.29, 0.717) is 12.6 Å². The minimum Gasteiger partial charge on any atom is -0.339 e. The second kappa shape index (κ2) is 6.18. The molecule has 0 bridgehead atoms. The lowest BCUT2D eigenvalue weighted by atomic mass is 10.0. The number of piperidine rings is 1. The molecule has 1 saturated heterocycles. The summed E-state index contributed by atoms with van der Waals surface area (Å²) in [4.78, 5) is 19.0. The normalized spacial score (nSPS) is 18.4. The second-order valence-electron chi connectivity index (χ2n) is 6.54. The number of aromatic nitrogens is 4. The molecule has 0 saturated carbocycles. The van der Waals surface area contributed by atoms with Gasteiger partial charge in [-0.15, -0.1) is 0 Å². The van der Waals surface area contributed by atoms with E-state index in [1.54, 1.807) is 4.68 Å². The molecule has 6 heteroatoms. The summed E-state index contributed by atoms with van der Waals surface area (Å²) >= 11 is 0. The lowest BCUT2D eigenvalue weighted by Crippen LogP contribution is -2.42. The highest BCUT2D eigenvalue weighted by atomic mass is 16.2. The predicted molar refractivity (Wildman–Crippen MR) is 88.3 cm³/mol. The molecule has 0 aliphatic carbocycles. The van der Waals surface area contributed by atoms with E-state index in [1.165, 1.54) is 5.69 Å². The molecule has 1 amide bonds. The van der Waals surface area contributed by atoms with E-state index in [-0.39, 0.29) is 5.91 Å². The van der Waals surface area contributed by atoms with Gasteiger partial charge in [-0.2, -0.15) is 5.10 Å². The van der Waals surface area contributed by atoms with E-state index >= 15 is 0 Å². The minimum absolute atomic E-state index is 0.149. The van der Waals surface area contributed by atoms with E-state index < -0.39 is 0 Å². The molecule has 2 aromatic heterocycles. The standard InChI is InChI=1S/C17H25N5O/c1-12-8-13(2)21(19-12)11-17(23)20-7-5-6-16(10-20)22-14(3)9-18-15(22)4/h8-9,16H,5-7,10-11H2,1-4H3. The number of carbonyl (C=O) groups is 1. The van der Waals surface area contributed by atoms with Gasteiger partial charge in [0.25, 0.3) is 0 Å². The Balaban J connectivity index is 1.71. The van der Waals surface area contributed by atoms with Crippen molar-refractivity contribution < 1.29 is 4.79 Å². The first-order valence-corrected chi connectivity index (χ1v) is 8.25. The zero-order chi connectivity index (χ0) is 16.6. The van der Waals surface area contributed by atoms with Gasteiger partial charge in [0.05, 0.1) is 11.7 Å². The van der Waals surface area contributed by atoms with E-state index in [2.05, 4.69) is 21.6 Å². The van der Waals surface area contributed by atoms with Gasteiger partial charge in [0, 0.05) is 30.7 Å². The van der Waals surface area contributed by atoms with Crippen molar-refractivity contribution in [3.8, 4) is 0 Å². The highest BCUT2D eigenvalue weighted by molar-refractivity contribution is 5.76.